The number of hydrogen-bond donors (Lipinski definition) is 0. The lowest BCUT2D eigenvalue weighted by Gasteiger charge is -2.44. The van der Waals surface area contributed by atoms with Gasteiger partial charge >= 0.3 is 11.9 Å². The molecule has 3 fully saturated rings. The summed E-state index contributed by atoms with van der Waals surface area (Å²) in [7, 11) is 0. The summed E-state index contributed by atoms with van der Waals surface area (Å²) in [6, 6.07) is 39.6. The number of esters is 2. The lowest BCUT2D eigenvalue weighted by Crippen LogP contribution is -2.51. The molecule has 2 unspecified atom stereocenters. The van der Waals surface area contributed by atoms with E-state index in [1.54, 1.807) is 0 Å². The number of hydrogen-bond acceptors (Lipinski definition) is 4. The van der Waals surface area contributed by atoms with E-state index < -0.39 is 40.4 Å². The first-order valence-corrected chi connectivity index (χ1v) is 13.3. The summed E-state index contributed by atoms with van der Waals surface area (Å²) in [4.78, 5) is 28.8. The molecule has 188 valence electrons. The molecule has 0 aromatic heterocycles. The van der Waals surface area contributed by atoms with E-state index >= 15 is 0 Å². The number of rotatable bonds is 4. The molecule has 4 aromatic rings. The van der Waals surface area contributed by atoms with Crippen molar-refractivity contribution in [1.29, 1.82) is 0 Å². The van der Waals surface area contributed by atoms with Crippen molar-refractivity contribution in [3.8, 4) is 0 Å². The predicted molar refractivity (Wildman–Crippen MR) is 143 cm³/mol. The zero-order chi connectivity index (χ0) is 25.8. The van der Waals surface area contributed by atoms with Gasteiger partial charge < -0.3 is 9.47 Å². The minimum atomic E-state index is -1.42. The van der Waals surface area contributed by atoms with Crippen LogP contribution in [0.5, 0.6) is 0 Å². The summed E-state index contributed by atoms with van der Waals surface area (Å²) in [5.41, 5.74) is -0.0610. The average Bonchev–Trinajstić information content (AvgIpc) is 3.44. The molecule has 2 heterocycles. The Kier molecular flexibility index (Phi) is 5.09. The molecule has 1 spiro atoms. The fourth-order valence-corrected chi connectivity index (χ4v) is 7.64. The summed E-state index contributed by atoms with van der Waals surface area (Å²) < 4.78 is 13.1. The van der Waals surface area contributed by atoms with Gasteiger partial charge in [0, 0.05) is 34.1 Å². The summed E-state index contributed by atoms with van der Waals surface area (Å²) >= 11 is 0. The lowest BCUT2D eigenvalue weighted by molar-refractivity contribution is -0.162. The molecule has 4 nitrogen and oxygen atoms in total. The summed E-state index contributed by atoms with van der Waals surface area (Å²) in [6.07, 6.45) is 2.22. The first-order valence-electron chi connectivity index (χ1n) is 13.3. The first-order chi connectivity index (χ1) is 18.6. The van der Waals surface area contributed by atoms with Crippen LogP contribution in [0.4, 0.5) is 0 Å². The molecule has 0 N–H and O–H groups in total. The van der Waals surface area contributed by atoms with Gasteiger partial charge in [-0.2, -0.15) is 0 Å². The third-order valence-electron chi connectivity index (χ3n) is 9.06. The van der Waals surface area contributed by atoms with Crippen LogP contribution in [-0.4, -0.2) is 11.9 Å². The second-order valence-electron chi connectivity index (χ2n) is 10.6. The summed E-state index contributed by atoms with van der Waals surface area (Å²) in [6.45, 7) is 0. The Labute approximate surface area is 222 Å². The number of ether oxygens (including phenoxy) is 2. The van der Waals surface area contributed by atoms with Crippen LogP contribution in [0.25, 0.3) is 0 Å². The van der Waals surface area contributed by atoms with E-state index in [9.17, 15) is 9.59 Å². The van der Waals surface area contributed by atoms with E-state index in [0.717, 1.165) is 28.7 Å². The molecular weight excluding hydrogens is 472 g/mol. The lowest BCUT2D eigenvalue weighted by atomic mass is 9.52. The van der Waals surface area contributed by atoms with Crippen molar-refractivity contribution in [3.05, 3.63) is 144 Å². The highest BCUT2D eigenvalue weighted by Gasteiger charge is 2.81. The molecule has 0 amide bonds. The Morgan fingerprint density at radius 1 is 0.474 bits per heavy atom. The van der Waals surface area contributed by atoms with Crippen LogP contribution in [0, 0.1) is 17.3 Å². The fraction of sp³-hybridized carbons (Fsp3) is 0.235. The molecule has 4 heteroatoms. The zero-order valence-electron chi connectivity index (χ0n) is 21.0. The van der Waals surface area contributed by atoms with Gasteiger partial charge in [-0.05, 0) is 12.8 Å². The van der Waals surface area contributed by atoms with Crippen molar-refractivity contribution < 1.29 is 19.1 Å². The number of benzene rings is 4. The Hall–Kier alpha value is -4.18. The van der Waals surface area contributed by atoms with Gasteiger partial charge in [0.2, 0.25) is 0 Å². The molecule has 38 heavy (non-hydrogen) atoms. The molecule has 1 saturated carbocycles. The highest BCUT2D eigenvalue weighted by atomic mass is 16.6. The van der Waals surface area contributed by atoms with Crippen molar-refractivity contribution in [1.82, 2.24) is 0 Å². The van der Waals surface area contributed by atoms with Gasteiger partial charge in [0.1, 0.15) is 0 Å². The highest BCUT2D eigenvalue weighted by Crippen LogP contribution is 2.70. The van der Waals surface area contributed by atoms with E-state index in [4.69, 9.17) is 9.47 Å². The smallest absolute Gasteiger partial charge is 0.325 e. The van der Waals surface area contributed by atoms with E-state index in [0.29, 0.717) is 12.8 Å². The molecule has 4 aromatic carbocycles. The second kappa shape index (κ2) is 8.42. The highest BCUT2D eigenvalue weighted by molar-refractivity contribution is 6.05. The third-order valence-corrected chi connectivity index (χ3v) is 9.06. The maximum atomic E-state index is 14.4. The molecule has 0 radical (unpaired) electrons. The van der Waals surface area contributed by atoms with Gasteiger partial charge in [0.25, 0.3) is 0 Å². The molecule has 3 aliphatic rings. The van der Waals surface area contributed by atoms with Crippen molar-refractivity contribution >= 4 is 11.9 Å². The largest absolute Gasteiger partial charge is 0.448 e. The van der Waals surface area contributed by atoms with Crippen LogP contribution in [-0.2, 0) is 30.3 Å². The summed E-state index contributed by atoms with van der Waals surface area (Å²) in [5, 5.41) is 0. The Morgan fingerprint density at radius 2 is 0.763 bits per heavy atom. The number of carbonyl (C=O) groups excluding carboxylic acids is 2. The maximum absolute atomic E-state index is 14.4. The van der Waals surface area contributed by atoms with Crippen LogP contribution in [0.2, 0.25) is 0 Å². The topological polar surface area (TPSA) is 52.6 Å². The normalized spacial score (nSPS) is 26.6. The predicted octanol–water partition coefficient (Wildman–Crippen LogP) is 6.39. The number of cyclic esters (lactones) is 2. The Bertz CT molecular complexity index is 1290. The van der Waals surface area contributed by atoms with Crippen molar-refractivity contribution in [2.75, 3.05) is 0 Å². The van der Waals surface area contributed by atoms with Gasteiger partial charge in [0.05, 0.1) is 0 Å². The second-order valence-corrected chi connectivity index (χ2v) is 10.6. The molecular formula is C34H28O4. The van der Waals surface area contributed by atoms with Crippen LogP contribution in [0.1, 0.15) is 41.5 Å². The molecule has 2 aliphatic heterocycles. The van der Waals surface area contributed by atoms with Gasteiger partial charge in [-0.1, -0.05) is 128 Å². The maximum Gasteiger partial charge on any atom is 0.325 e. The van der Waals surface area contributed by atoms with Gasteiger partial charge in [-0.3, -0.25) is 9.59 Å². The minimum Gasteiger partial charge on any atom is -0.448 e. The van der Waals surface area contributed by atoms with Crippen molar-refractivity contribution in [2.24, 2.45) is 17.3 Å². The van der Waals surface area contributed by atoms with Crippen molar-refractivity contribution in [3.63, 3.8) is 0 Å². The Morgan fingerprint density at radius 3 is 1.05 bits per heavy atom. The molecule has 0 bridgehead atoms. The van der Waals surface area contributed by atoms with E-state index in [-0.39, 0.29) is 0 Å². The third kappa shape index (κ3) is 2.80. The monoisotopic (exact) mass is 500 g/mol. The molecule has 2 saturated heterocycles. The SMILES string of the molecule is O=C1OC(c2ccccc2)(c2ccccc2)C2CCCC3C(c4ccccc4)(c4ccccc4)OC(=O)C123. The fourth-order valence-electron chi connectivity index (χ4n) is 7.64. The van der Waals surface area contributed by atoms with Crippen LogP contribution in [0.3, 0.4) is 0 Å². The first kappa shape index (κ1) is 23.0. The standard InChI is InChI=1S/C34H28O4/c35-30-32-28(33(37-30,24-14-5-1-6-15-24)25-16-7-2-8-17-25)22-13-23-29(32)34(38-31(32)36,26-18-9-3-10-19-26)27-20-11-4-12-21-27/h1-12,14-21,28-29H,13,22-23H2. The molecule has 1 aliphatic carbocycles. The van der Waals surface area contributed by atoms with E-state index in [2.05, 4.69) is 0 Å². The van der Waals surface area contributed by atoms with Crippen molar-refractivity contribution in [2.45, 2.75) is 30.5 Å². The Balaban J connectivity index is 1.51. The van der Waals surface area contributed by atoms with Crippen LogP contribution >= 0.6 is 0 Å². The van der Waals surface area contributed by atoms with E-state index in [1.807, 2.05) is 121 Å². The van der Waals surface area contributed by atoms with Gasteiger partial charge in [0.15, 0.2) is 16.6 Å². The van der Waals surface area contributed by atoms with Crippen LogP contribution < -0.4 is 0 Å². The van der Waals surface area contributed by atoms with Crippen LogP contribution in [0.15, 0.2) is 121 Å². The average molecular weight is 501 g/mol. The quantitative estimate of drug-likeness (QED) is 0.241. The summed E-state index contributed by atoms with van der Waals surface area (Å²) in [5.74, 6) is -1.77. The number of carbonyl (C=O) groups is 2. The van der Waals surface area contributed by atoms with E-state index in [1.165, 1.54) is 0 Å². The molecule has 2 atom stereocenters. The molecule has 7 rings (SSSR count). The van der Waals surface area contributed by atoms with Gasteiger partial charge in [-0.25, -0.2) is 0 Å². The van der Waals surface area contributed by atoms with Gasteiger partial charge in [-0.15, -0.1) is 0 Å². The minimum absolute atomic E-state index is 0.409. The zero-order valence-corrected chi connectivity index (χ0v) is 21.0.